The van der Waals surface area contributed by atoms with Gasteiger partial charge in [0.25, 0.3) is 0 Å². The molecular weight excluding hydrogens is 322 g/mol. The Morgan fingerprint density at radius 2 is 2.08 bits per heavy atom. The van der Waals surface area contributed by atoms with Gasteiger partial charge in [-0.2, -0.15) is 0 Å². The topological polar surface area (TPSA) is 94.8 Å². The maximum atomic E-state index is 12.2. The number of furan rings is 1. The van der Waals surface area contributed by atoms with Gasteiger partial charge < -0.3 is 14.8 Å². The standard InChI is InChI=1S/C18H27N3O4/c22-14-9-16(13-5-2-1-3-6-13)21(11-14)12-17(23)20-18(24)19-10-15-7-4-8-25-15/h4,7-8,13-14,16,22H,1-3,5-6,9-12H2,(H2,19,20,23,24)/t14-,16-/m0/s1. The summed E-state index contributed by atoms with van der Waals surface area (Å²) >= 11 is 0. The first-order valence-corrected chi connectivity index (χ1v) is 9.14. The lowest BCUT2D eigenvalue weighted by Crippen LogP contribution is -2.47. The van der Waals surface area contributed by atoms with Crippen LogP contribution in [-0.2, 0) is 11.3 Å². The molecule has 3 amide bonds. The number of amides is 3. The third-order valence-electron chi connectivity index (χ3n) is 5.22. The average molecular weight is 349 g/mol. The van der Waals surface area contributed by atoms with Crippen LogP contribution in [0.15, 0.2) is 22.8 Å². The molecule has 3 N–H and O–H groups in total. The lowest BCUT2D eigenvalue weighted by molar-refractivity contribution is -0.121. The van der Waals surface area contributed by atoms with Crippen LogP contribution >= 0.6 is 0 Å². The van der Waals surface area contributed by atoms with Gasteiger partial charge in [-0.1, -0.05) is 19.3 Å². The molecule has 0 spiro atoms. The van der Waals surface area contributed by atoms with E-state index >= 15 is 0 Å². The molecule has 7 heteroatoms. The zero-order chi connectivity index (χ0) is 17.6. The van der Waals surface area contributed by atoms with Crippen LogP contribution in [0.1, 0.15) is 44.3 Å². The fourth-order valence-electron chi connectivity index (χ4n) is 4.08. The summed E-state index contributed by atoms with van der Waals surface area (Å²) in [6, 6.07) is 3.20. The molecule has 0 radical (unpaired) electrons. The quantitative estimate of drug-likeness (QED) is 0.751. The summed E-state index contributed by atoms with van der Waals surface area (Å²) in [6.45, 7) is 0.883. The number of nitrogens with one attached hydrogen (secondary N) is 2. The molecule has 0 bridgehead atoms. The highest BCUT2D eigenvalue weighted by atomic mass is 16.3. The smallest absolute Gasteiger partial charge is 0.321 e. The van der Waals surface area contributed by atoms with Crippen LogP contribution in [0.25, 0.3) is 0 Å². The van der Waals surface area contributed by atoms with Gasteiger partial charge in [-0.15, -0.1) is 0 Å². The fourth-order valence-corrected chi connectivity index (χ4v) is 4.08. The Morgan fingerprint density at radius 3 is 2.80 bits per heavy atom. The Bertz CT molecular complexity index is 569. The molecule has 1 aromatic rings. The molecule has 1 saturated carbocycles. The van der Waals surface area contributed by atoms with E-state index in [0.717, 1.165) is 6.42 Å². The lowest BCUT2D eigenvalue weighted by atomic mass is 9.83. The van der Waals surface area contributed by atoms with Crippen molar-refractivity contribution in [3.63, 3.8) is 0 Å². The first-order valence-electron chi connectivity index (χ1n) is 9.14. The van der Waals surface area contributed by atoms with Gasteiger partial charge in [-0.25, -0.2) is 4.79 Å². The summed E-state index contributed by atoms with van der Waals surface area (Å²) in [5, 5.41) is 15.0. The lowest BCUT2D eigenvalue weighted by Gasteiger charge is -2.33. The zero-order valence-electron chi connectivity index (χ0n) is 14.4. The van der Waals surface area contributed by atoms with E-state index in [-0.39, 0.29) is 31.1 Å². The van der Waals surface area contributed by atoms with Gasteiger partial charge in [0.05, 0.1) is 25.5 Å². The van der Waals surface area contributed by atoms with Gasteiger partial charge in [0.1, 0.15) is 5.76 Å². The van der Waals surface area contributed by atoms with Gasteiger partial charge >= 0.3 is 6.03 Å². The Balaban J connectivity index is 1.46. The maximum absolute atomic E-state index is 12.2. The number of imide groups is 1. The van der Waals surface area contributed by atoms with Crippen molar-refractivity contribution in [3.8, 4) is 0 Å². The van der Waals surface area contributed by atoms with Crippen LogP contribution < -0.4 is 10.6 Å². The van der Waals surface area contributed by atoms with Crippen LogP contribution in [-0.4, -0.2) is 47.2 Å². The van der Waals surface area contributed by atoms with Crippen molar-refractivity contribution in [2.24, 2.45) is 5.92 Å². The Morgan fingerprint density at radius 1 is 1.28 bits per heavy atom. The molecule has 3 rings (SSSR count). The molecule has 2 heterocycles. The third kappa shape index (κ3) is 5.06. The van der Waals surface area contributed by atoms with Crippen LogP contribution in [0.3, 0.4) is 0 Å². The summed E-state index contributed by atoms with van der Waals surface area (Å²) in [6.07, 6.45) is 7.94. The third-order valence-corrected chi connectivity index (χ3v) is 5.22. The number of carbonyl (C=O) groups excluding carboxylic acids is 2. The van der Waals surface area contributed by atoms with E-state index in [4.69, 9.17) is 4.42 Å². The van der Waals surface area contributed by atoms with Crippen LogP contribution in [0, 0.1) is 5.92 Å². The second kappa shape index (κ2) is 8.49. The van der Waals surface area contributed by atoms with Gasteiger partial charge in [0.2, 0.25) is 5.91 Å². The molecule has 7 nitrogen and oxygen atoms in total. The summed E-state index contributed by atoms with van der Waals surface area (Å²) in [5.41, 5.74) is 0. The van der Waals surface area contributed by atoms with E-state index in [1.807, 2.05) is 4.90 Å². The fraction of sp³-hybridized carbons (Fsp3) is 0.667. The van der Waals surface area contributed by atoms with Crippen molar-refractivity contribution in [2.75, 3.05) is 13.1 Å². The van der Waals surface area contributed by atoms with Crippen molar-refractivity contribution in [2.45, 2.75) is 57.2 Å². The minimum absolute atomic E-state index is 0.145. The largest absolute Gasteiger partial charge is 0.467 e. The van der Waals surface area contributed by atoms with E-state index < -0.39 is 6.03 Å². The Kier molecular flexibility index (Phi) is 6.09. The molecule has 2 aliphatic rings. The summed E-state index contributed by atoms with van der Waals surface area (Å²) < 4.78 is 5.13. The van der Waals surface area contributed by atoms with Crippen molar-refractivity contribution in [3.05, 3.63) is 24.2 Å². The maximum Gasteiger partial charge on any atom is 0.321 e. The molecule has 1 saturated heterocycles. The van der Waals surface area contributed by atoms with E-state index in [1.54, 1.807) is 12.1 Å². The normalized spacial score (nSPS) is 25.0. The van der Waals surface area contributed by atoms with E-state index in [0.29, 0.717) is 18.2 Å². The number of β-amino-alcohol motifs (C(OH)–C–C–N with tert-alkyl or cyclic N) is 1. The highest BCUT2D eigenvalue weighted by Crippen LogP contribution is 2.34. The predicted molar refractivity (Wildman–Crippen MR) is 91.6 cm³/mol. The molecule has 2 fully saturated rings. The molecule has 1 aliphatic heterocycles. The second-order valence-electron chi connectivity index (χ2n) is 7.09. The molecule has 0 aromatic carbocycles. The van der Waals surface area contributed by atoms with Crippen LogP contribution in [0.5, 0.6) is 0 Å². The first kappa shape index (κ1) is 17.9. The van der Waals surface area contributed by atoms with Crippen molar-refractivity contribution < 1.29 is 19.1 Å². The SMILES string of the molecule is O=C(CN1C[C@@H](O)C[C@H]1C1CCCCC1)NC(=O)NCc1ccco1. The highest BCUT2D eigenvalue weighted by Gasteiger charge is 2.37. The van der Waals surface area contributed by atoms with Gasteiger partial charge in [-0.3, -0.25) is 15.0 Å². The van der Waals surface area contributed by atoms with Crippen LogP contribution in [0.4, 0.5) is 4.79 Å². The Labute approximate surface area is 147 Å². The van der Waals surface area contributed by atoms with Crippen LogP contribution in [0.2, 0.25) is 0 Å². The molecular formula is C18H27N3O4. The number of aliphatic hydroxyl groups is 1. The molecule has 1 aliphatic carbocycles. The molecule has 1 aromatic heterocycles. The van der Waals surface area contributed by atoms with Crippen molar-refractivity contribution in [1.82, 2.24) is 15.5 Å². The minimum atomic E-state index is -0.532. The highest BCUT2D eigenvalue weighted by molar-refractivity contribution is 5.95. The van der Waals surface area contributed by atoms with E-state index in [1.165, 1.54) is 38.4 Å². The average Bonchev–Trinajstić information content (AvgIpc) is 3.23. The van der Waals surface area contributed by atoms with Gasteiger partial charge in [0, 0.05) is 12.6 Å². The summed E-state index contributed by atoms with van der Waals surface area (Å²) in [4.78, 5) is 26.0. The zero-order valence-corrected chi connectivity index (χ0v) is 14.4. The summed E-state index contributed by atoms with van der Waals surface area (Å²) in [7, 11) is 0. The number of carbonyl (C=O) groups is 2. The Hall–Kier alpha value is -1.86. The number of urea groups is 1. The van der Waals surface area contributed by atoms with Crippen molar-refractivity contribution >= 4 is 11.9 Å². The molecule has 2 atom stereocenters. The number of likely N-dealkylation sites (tertiary alicyclic amines) is 1. The second-order valence-corrected chi connectivity index (χ2v) is 7.09. The van der Waals surface area contributed by atoms with E-state index in [9.17, 15) is 14.7 Å². The minimum Gasteiger partial charge on any atom is -0.467 e. The number of hydrogen-bond acceptors (Lipinski definition) is 5. The van der Waals surface area contributed by atoms with Crippen molar-refractivity contribution in [1.29, 1.82) is 0 Å². The van der Waals surface area contributed by atoms with Gasteiger partial charge in [0.15, 0.2) is 0 Å². The monoisotopic (exact) mass is 349 g/mol. The molecule has 0 unspecified atom stereocenters. The molecule has 138 valence electrons. The number of nitrogens with zero attached hydrogens (tertiary/aromatic N) is 1. The number of rotatable bonds is 5. The number of hydrogen-bond donors (Lipinski definition) is 3. The summed E-state index contributed by atoms with van der Waals surface area (Å²) in [5.74, 6) is 0.834. The predicted octanol–water partition coefficient (Wildman–Crippen LogP) is 1.62. The first-order chi connectivity index (χ1) is 12.1. The van der Waals surface area contributed by atoms with Gasteiger partial charge in [-0.05, 0) is 37.3 Å². The van der Waals surface area contributed by atoms with E-state index in [2.05, 4.69) is 10.6 Å². The molecule has 25 heavy (non-hydrogen) atoms. The number of aliphatic hydroxyl groups excluding tert-OH is 1.